The Labute approximate surface area is 111 Å². The van der Waals surface area contributed by atoms with Gasteiger partial charge in [0.2, 0.25) is 0 Å². The molecule has 2 aromatic rings. The van der Waals surface area contributed by atoms with Crippen molar-refractivity contribution in [1.82, 2.24) is 0 Å². The van der Waals surface area contributed by atoms with Gasteiger partial charge in [0, 0.05) is 12.1 Å². The van der Waals surface area contributed by atoms with Crippen LogP contribution in [-0.2, 0) is 0 Å². The van der Waals surface area contributed by atoms with E-state index in [-0.39, 0.29) is 5.56 Å². The van der Waals surface area contributed by atoms with Crippen molar-refractivity contribution in [2.75, 3.05) is 0 Å². The highest BCUT2D eigenvalue weighted by Gasteiger charge is 2.13. The molecule has 0 aliphatic heterocycles. The predicted octanol–water partition coefficient (Wildman–Crippen LogP) is 5.41. The first-order valence-corrected chi connectivity index (χ1v) is 6.21. The predicted molar refractivity (Wildman–Crippen MR) is 72.6 cm³/mol. The average Bonchev–Trinajstić information content (AvgIpc) is 2.35. The molecule has 0 aliphatic carbocycles. The Morgan fingerprint density at radius 2 is 1.26 bits per heavy atom. The van der Waals surface area contributed by atoms with Crippen molar-refractivity contribution in [3.05, 3.63) is 58.9 Å². The summed E-state index contributed by atoms with van der Waals surface area (Å²) in [5, 5.41) is 0. The molecule has 0 saturated carbocycles. The molecule has 0 N–H and O–H groups in total. The van der Waals surface area contributed by atoms with E-state index >= 15 is 0 Å². The molecule has 0 aromatic heterocycles. The van der Waals surface area contributed by atoms with Gasteiger partial charge in [0.05, 0.1) is 5.56 Å². The van der Waals surface area contributed by atoms with Gasteiger partial charge >= 0.3 is 0 Å². The van der Waals surface area contributed by atoms with E-state index in [2.05, 4.69) is 0 Å². The number of hydrogen-bond acceptors (Lipinski definition) is 0. The molecular formula is C16H17F3. The molecule has 2 rings (SSSR count). The molecule has 19 heavy (non-hydrogen) atoms. The van der Waals surface area contributed by atoms with Gasteiger partial charge in [-0.1, -0.05) is 32.0 Å². The van der Waals surface area contributed by atoms with E-state index in [1.54, 1.807) is 18.2 Å². The third kappa shape index (κ3) is 3.37. The molecule has 0 atom stereocenters. The number of aryl methyl sites for hydroxylation is 2. The van der Waals surface area contributed by atoms with Crippen LogP contribution < -0.4 is 0 Å². The molecule has 0 unspecified atom stereocenters. The quantitative estimate of drug-likeness (QED) is 0.647. The number of benzene rings is 2. The molecule has 0 aliphatic rings. The molecule has 2 aromatic carbocycles. The minimum Gasteiger partial charge on any atom is -0.207 e. The summed E-state index contributed by atoms with van der Waals surface area (Å²) in [4.78, 5) is 0. The van der Waals surface area contributed by atoms with Crippen molar-refractivity contribution >= 4 is 0 Å². The van der Waals surface area contributed by atoms with Crippen LogP contribution in [0.3, 0.4) is 0 Å². The average molecular weight is 266 g/mol. The van der Waals surface area contributed by atoms with Crippen LogP contribution in [0, 0.1) is 31.3 Å². The molecule has 0 radical (unpaired) electrons. The summed E-state index contributed by atoms with van der Waals surface area (Å²) in [7, 11) is 0. The number of hydrogen-bond donors (Lipinski definition) is 0. The van der Waals surface area contributed by atoms with Crippen LogP contribution in [0.4, 0.5) is 13.2 Å². The lowest BCUT2D eigenvalue weighted by Crippen LogP contribution is -1.93. The van der Waals surface area contributed by atoms with E-state index in [0.29, 0.717) is 17.7 Å². The first-order valence-electron chi connectivity index (χ1n) is 6.21. The minimum atomic E-state index is -0.910. The van der Waals surface area contributed by atoms with E-state index in [1.807, 2.05) is 27.7 Å². The van der Waals surface area contributed by atoms with Crippen molar-refractivity contribution in [2.24, 2.45) is 0 Å². The van der Waals surface area contributed by atoms with Crippen LogP contribution >= 0.6 is 0 Å². The summed E-state index contributed by atoms with van der Waals surface area (Å²) >= 11 is 0. The van der Waals surface area contributed by atoms with Gasteiger partial charge in [-0.25, -0.2) is 13.2 Å². The highest BCUT2D eigenvalue weighted by atomic mass is 19.1. The van der Waals surface area contributed by atoms with Crippen molar-refractivity contribution in [2.45, 2.75) is 27.7 Å². The Kier molecular flexibility index (Phi) is 5.16. The second-order valence-corrected chi connectivity index (χ2v) is 4.04. The smallest absolute Gasteiger partial charge is 0.136 e. The standard InChI is InChI=1S/C14H11F3.C2H6/c1-8-3-4-10(5-9(8)2)14-12(16)6-11(15)7-13(14)17;1-2/h3-7H,1-2H3;1-2H3. The van der Waals surface area contributed by atoms with E-state index in [4.69, 9.17) is 0 Å². The largest absolute Gasteiger partial charge is 0.207 e. The Morgan fingerprint density at radius 3 is 1.74 bits per heavy atom. The molecule has 0 saturated heterocycles. The molecule has 0 bridgehead atoms. The van der Waals surface area contributed by atoms with Gasteiger partial charge < -0.3 is 0 Å². The third-order valence-corrected chi connectivity index (χ3v) is 2.80. The molecule has 0 nitrogen and oxygen atoms in total. The van der Waals surface area contributed by atoms with Crippen molar-refractivity contribution in [3.8, 4) is 11.1 Å². The van der Waals surface area contributed by atoms with Crippen LogP contribution in [0.5, 0.6) is 0 Å². The number of rotatable bonds is 1. The Balaban J connectivity index is 0.000000861. The van der Waals surface area contributed by atoms with Gasteiger partial charge in [-0.3, -0.25) is 0 Å². The summed E-state index contributed by atoms with van der Waals surface area (Å²) in [6.45, 7) is 7.77. The number of halogens is 3. The normalized spacial score (nSPS) is 9.84. The lowest BCUT2D eigenvalue weighted by atomic mass is 9.99. The van der Waals surface area contributed by atoms with Crippen LogP contribution in [0.1, 0.15) is 25.0 Å². The first kappa shape index (κ1) is 15.3. The summed E-state index contributed by atoms with van der Waals surface area (Å²) < 4.78 is 39.9. The van der Waals surface area contributed by atoms with Crippen LogP contribution in [-0.4, -0.2) is 0 Å². The molecule has 0 heterocycles. The lowest BCUT2D eigenvalue weighted by molar-refractivity contribution is 0.548. The second kappa shape index (κ2) is 6.41. The highest BCUT2D eigenvalue weighted by molar-refractivity contribution is 5.66. The molecule has 0 fully saturated rings. The Hall–Kier alpha value is -1.77. The highest BCUT2D eigenvalue weighted by Crippen LogP contribution is 2.28. The Bertz CT molecular complexity index is 551. The summed E-state index contributed by atoms with van der Waals surface area (Å²) in [5.41, 5.74) is 2.21. The summed E-state index contributed by atoms with van der Waals surface area (Å²) in [6.07, 6.45) is 0. The first-order chi connectivity index (χ1) is 8.99. The van der Waals surface area contributed by atoms with E-state index < -0.39 is 17.5 Å². The molecule has 0 amide bonds. The van der Waals surface area contributed by atoms with Crippen LogP contribution in [0.2, 0.25) is 0 Å². The molecule has 0 spiro atoms. The summed E-state index contributed by atoms with van der Waals surface area (Å²) in [5.74, 6) is -2.68. The molecular weight excluding hydrogens is 249 g/mol. The zero-order valence-corrected chi connectivity index (χ0v) is 11.5. The van der Waals surface area contributed by atoms with Crippen molar-refractivity contribution in [1.29, 1.82) is 0 Å². The molecule has 102 valence electrons. The molecule has 3 heteroatoms. The van der Waals surface area contributed by atoms with E-state index in [9.17, 15) is 13.2 Å². The second-order valence-electron chi connectivity index (χ2n) is 4.04. The van der Waals surface area contributed by atoms with E-state index in [0.717, 1.165) is 11.1 Å². The topological polar surface area (TPSA) is 0 Å². The van der Waals surface area contributed by atoms with Gasteiger partial charge in [0.15, 0.2) is 0 Å². The monoisotopic (exact) mass is 266 g/mol. The van der Waals surface area contributed by atoms with Gasteiger partial charge in [-0.2, -0.15) is 0 Å². The SMILES string of the molecule is CC.Cc1ccc(-c2c(F)cc(F)cc2F)cc1C. The van der Waals surface area contributed by atoms with Crippen molar-refractivity contribution in [3.63, 3.8) is 0 Å². The fraction of sp³-hybridized carbons (Fsp3) is 0.250. The van der Waals surface area contributed by atoms with Crippen molar-refractivity contribution < 1.29 is 13.2 Å². The van der Waals surface area contributed by atoms with Crippen LogP contribution in [0.15, 0.2) is 30.3 Å². The zero-order valence-electron chi connectivity index (χ0n) is 11.5. The van der Waals surface area contributed by atoms with Gasteiger partial charge in [0.1, 0.15) is 17.5 Å². The summed E-state index contributed by atoms with van der Waals surface area (Å²) in [6, 6.07) is 6.48. The van der Waals surface area contributed by atoms with Gasteiger partial charge in [-0.05, 0) is 30.5 Å². The maximum absolute atomic E-state index is 13.5. The van der Waals surface area contributed by atoms with Gasteiger partial charge in [-0.15, -0.1) is 0 Å². The Morgan fingerprint density at radius 1 is 0.737 bits per heavy atom. The van der Waals surface area contributed by atoms with Gasteiger partial charge in [0.25, 0.3) is 0 Å². The van der Waals surface area contributed by atoms with Crippen LogP contribution in [0.25, 0.3) is 11.1 Å². The maximum atomic E-state index is 13.5. The zero-order chi connectivity index (χ0) is 14.6. The fourth-order valence-electron chi connectivity index (χ4n) is 1.71. The fourth-order valence-corrected chi connectivity index (χ4v) is 1.71. The third-order valence-electron chi connectivity index (χ3n) is 2.80. The maximum Gasteiger partial charge on any atom is 0.136 e. The van der Waals surface area contributed by atoms with E-state index in [1.165, 1.54) is 0 Å². The minimum absolute atomic E-state index is 0.186. The lowest BCUT2D eigenvalue weighted by Gasteiger charge is -2.08.